The van der Waals surface area contributed by atoms with Crippen molar-refractivity contribution < 1.29 is 34.0 Å². The second-order valence-corrected chi connectivity index (χ2v) is 9.29. The van der Waals surface area contributed by atoms with Crippen LogP contribution in [0.3, 0.4) is 0 Å². The van der Waals surface area contributed by atoms with E-state index in [-0.39, 0.29) is 32.8 Å². The number of rotatable bonds is 12. The zero-order valence-electron chi connectivity index (χ0n) is 21.1. The standard InChI is InChI=1S/C30H33NO7/c32-27(21-36-18-22-10-4-1-5-11-22)29(34)28(33)26-16-25(37-19-23-12-6-2-7-13-23)17-31(26)30(35)38-20-24-14-8-3-9-15-24/h1-15,25-26,28-29,33-34H,16-21H2/t25-,26+,28-,29-/m1/s1. The second kappa shape index (κ2) is 13.8. The summed E-state index contributed by atoms with van der Waals surface area (Å²) in [6.45, 7) is 0.380. The van der Waals surface area contributed by atoms with E-state index in [0.29, 0.717) is 6.61 Å². The summed E-state index contributed by atoms with van der Waals surface area (Å²) in [7, 11) is 0. The van der Waals surface area contributed by atoms with Crippen molar-refractivity contribution in [1.82, 2.24) is 4.90 Å². The molecule has 3 aromatic rings. The molecule has 38 heavy (non-hydrogen) atoms. The molecule has 200 valence electrons. The quantitative estimate of drug-likeness (QED) is 0.377. The Morgan fingerprint density at radius 2 is 1.32 bits per heavy atom. The van der Waals surface area contributed by atoms with E-state index in [0.717, 1.165) is 16.7 Å². The highest BCUT2D eigenvalue weighted by Gasteiger charge is 2.44. The molecule has 2 N–H and O–H groups in total. The SMILES string of the molecule is O=C(COCc1ccccc1)[C@@H](O)[C@H](O)[C@@H]1C[C@@H](OCc2ccccc2)CN1C(=O)OCc1ccccc1. The fraction of sp³-hybridized carbons (Fsp3) is 0.333. The lowest BCUT2D eigenvalue weighted by molar-refractivity contribution is -0.140. The van der Waals surface area contributed by atoms with Crippen LogP contribution in [0.2, 0.25) is 0 Å². The average Bonchev–Trinajstić information content (AvgIpc) is 3.40. The molecule has 0 saturated carbocycles. The van der Waals surface area contributed by atoms with Gasteiger partial charge in [-0.1, -0.05) is 91.0 Å². The minimum absolute atomic E-state index is 0.0589. The van der Waals surface area contributed by atoms with E-state index < -0.39 is 36.2 Å². The Morgan fingerprint density at radius 1 is 0.789 bits per heavy atom. The molecule has 8 heteroatoms. The predicted molar refractivity (Wildman–Crippen MR) is 140 cm³/mol. The molecule has 0 radical (unpaired) electrons. The maximum absolute atomic E-state index is 13.0. The van der Waals surface area contributed by atoms with Gasteiger partial charge in [-0.15, -0.1) is 0 Å². The predicted octanol–water partition coefficient (Wildman–Crippen LogP) is 3.49. The molecule has 1 fully saturated rings. The summed E-state index contributed by atoms with van der Waals surface area (Å²) in [6, 6.07) is 27.3. The summed E-state index contributed by atoms with van der Waals surface area (Å²) in [5.74, 6) is -0.667. The van der Waals surface area contributed by atoms with E-state index >= 15 is 0 Å². The van der Waals surface area contributed by atoms with Crippen LogP contribution in [0.25, 0.3) is 0 Å². The number of carbonyl (C=O) groups is 2. The molecule has 1 amide bonds. The third-order valence-corrected chi connectivity index (χ3v) is 6.48. The van der Waals surface area contributed by atoms with Crippen molar-refractivity contribution >= 4 is 11.9 Å². The summed E-state index contributed by atoms with van der Waals surface area (Å²) < 4.78 is 16.9. The van der Waals surface area contributed by atoms with Crippen LogP contribution in [0, 0.1) is 0 Å². The van der Waals surface area contributed by atoms with Crippen LogP contribution in [0.15, 0.2) is 91.0 Å². The zero-order chi connectivity index (χ0) is 26.7. The molecule has 8 nitrogen and oxygen atoms in total. The van der Waals surface area contributed by atoms with E-state index in [1.807, 2.05) is 91.0 Å². The molecule has 0 aliphatic carbocycles. The Morgan fingerprint density at radius 3 is 1.89 bits per heavy atom. The van der Waals surface area contributed by atoms with E-state index in [1.165, 1.54) is 4.90 Å². The van der Waals surface area contributed by atoms with Crippen molar-refractivity contribution in [2.75, 3.05) is 13.2 Å². The normalized spacial score (nSPS) is 18.6. The molecule has 0 aromatic heterocycles. The van der Waals surface area contributed by atoms with Gasteiger partial charge < -0.3 is 24.4 Å². The van der Waals surface area contributed by atoms with Gasteiger partial charge in [0.1, 0.15) is 25.4 Å². The highest BCUT2D eigenvalue weighted by atomic mass is 16.6. The molecule has 4 atom stereocenters. The average molecular weight is 520 g/mol. The molecule has 1 saturated heterocycles. The molecule has 1 aliphatic rings. The van der Waals surface area contributed by atoms with Gasteiger partial charge in [-0.25, -0.2) is 4.79 Å². The fourth-order valence-corrected chi connectivity index (χ4v) is 4.40. The van der Waals surface area contributed by atoms with E-state index in [2.05, 4.69) is 0 Å². The van der Waals surface area contributed by atoms with Gasteiger partial charge in [0.05, 0.1) is 31.9 Å². The zero-order valence-corrected chi connectivity index (χ0v) is 21.1. The van der Waals surface area contributed by atoms with Gasteiger partial charge in [0.15, 0.2) is 5.78 Å². The number of carbonyl (C=O) groups excluding carboxylic acids is 2. The van der Waals surface area contributed by atoms with Crippen LogP contribution >= 0.6 is 0 Å². The van der Waals surface area contributed by atoms with Crippen LogP contribution in [0.5, 0.6) is 0 Å². The Kier molecular flexibility index (Phi) is 10.0. The molecule has 0 bridgehead atoms. The van der Waals surface area contributed by atoms with Crippen LogP contribution in [0.1, 0.15) is 23.1 Å². The van der Waals surface area contributed by atoms with Gasteiger partial charge in [-0.2, -0.15) is 0 Å². The fourth-order valence-electron chi connectivity index (χ4n) is 4.40. The third kappa shape index (κ3) is 7.72. The number of likely N-dealkylation sites (tertiary alicyclic amines) is 1. The van der Waals surface area contributed by atoms with Gasteiger partial charge in [0.25, 0.3) is 0 Å². The minimum Gasteiger partial charge on any atom is -0.445 e. The van der Waals surface area contributed by atoms with E-state index in [9.17, 15) is 19.8 Å². The molecule has 1 heterocycles. The second-order valence-electron chi connectivity index (χ2n) is 9.29. The Bertz CT molecular complexity index is 1140. The van der Waals surface area contributed by atoms with Crippen LogP contribution in [-0.2, 0) is 38.8 Å². The van der Waals surface area contributed by atoms with Gasteiger partial charge in [0.2, 0.25) is 0 Å². The number of aliphatic hydroxyl groups is 2. The summed E-state index contributed by atoms with van der Waals surface area (Å²) >= 11 is 0. The number of ether oxygens (including phenoxy) is 3. The maximum atomic E-state index is 13.0. The number of ketones is 1. The first kappa shape index (κ1) is 27.5. The largest absolute Gasteiger partial charge is 0.445 e. The van der Waals surface area contributed by atoms with E-state index in [4.69, 9.17) is 14.2 Å². The number of aliphatic hydroxyl groups excluding tert-OH is 2. The third-order valence-electron chi connectivity index (χ3n) is 6.48. The molecular weight excluding hydrogens is 486 g/mol. The smallest absolute Gasteiger partial charge is 0.410 e. The van der Waals surface area contributed by atoms with E-state index in [1.54, 1.807) is 0 Å². The van der Waals surface area contributed by atoms with Crippen molar-refractivity contribution in [1.29, 1.82) is 0 Å². The number of hydrogen-bond acceptors (Lipinski definition) is 7. The van der Waals surface area contributed by atoms with Gasteiger partial charge in [-0.3, -0.25) is 9.69 Å². The number of Topliss-reactive ketones (excluding diaryl/α,β-unsaturated/α-hetero) is 1. The summed E-state index contributed by atoms with van der Waals surface area (Å²) in [5, 5.41) is 21.6. The number of hydrogen-bond donors (Lipinski definition) is 2. The van der Waals surface area contributed by atoms with Crippen molar-refractivity contribution in [3.63, 3.8) is 0 Å². The van der Waals surface area contributed by atoms with Crippen molar-refractivity contribution in [3.8, 4) is 0 Å². The van der Waals surface area contributed by atoms with Crippen molar-refractivity contribution in [2.24, 2.45) is 0 Å². The molecule has 1 aliphatic heterocycles. The summed E-state index contributed by atoms with van der Waals surface area (Å²) in [5.41, 5.74) is 2.68. The molecule has 3 aromatic carbocycles. The lowest BCUT2D eigenvalue weighted by Gasteiger charge is -2.29. The van der Waals surface area contributed by atoms with Crippen molar-refractivity contribution in [3.05, 3.63) is 108 Å². The number of nitrogens with zero attached hydrogens (tertiary/aromatic N) is 1. The van der Waals surface area contributed by atoms with Crippen LogP contribution in [0.4, 0.5) is 4.79 Å². The number of amides is 1. The van der Waals surface area contributed by atoms with Crippen LogP contribution < -0.4 is 0 Å². The summed E-state index contributed by atoms with van der Waals surface area (Å²) in [6.07, 6.45) is -4.08. The first-order valence-electron chi connectivity index (χ1n) is 12.6. The topological polar surface area (TPSA) is 106 Å². The monoisotopic (exact) mass is 519 g/mol. The number of benzene rings is 3. The Hall–Kier alpha value is -3.56. The highest BCUT2D eigenvalue weighted by molar-refractivity contribution is 5.84. The van der Waals surface area contributed by atoms with Gasteiger partial charge in [0, 0.05) is 0 Å². The summed E-state index contributed by atoms with van der Waals surface area (Å²) in [4.78, 5) is 27.0. The van der Waals surface area contributed by atoms with Gasteiger partial charge in [-0.05, 0) is 23.1 Å². The maximum Gasteiger partial charge on any atom is 0.410 e. The molecule has 4 rings (SSSR count). The highest BCUT2D eigenvalue weighted by Crippen LogP contribution is 2.27. The van der Waals surface area contributed by atoms with Gasteiger partial charge >= 0.3 is 6.09 Å². The Balaban J connectivity index is 1.37. The first-order chi connectivity index (χ1) is 18.5. The molecule has 0 unspecified atom stereocenters. The molecule has 0 spiro atoms. The lowest BCUT2D eigenvalue weighted by atomic mass is 10.00. The first-order valence-corrected chi connectivity index (χ1v) is 12.6. The lowest BCUT2D eigenvalue weighted by Crippen LogP contribution is -2.50. The van der Waals surface area contributed by atoms with Crippen LogP contribution in [-0.4, -0.2) is 64.5 Å². The van der Waals surface area contributed by atoms with Crippen molar-refractivity contribution in [2.45, 2.75) is 50.6 Å². The minimum atomic E-state index is -1.73. The Labute approximate surface area is 222 Å². The molecular formula is C30H33NO7.